The lowest BCUT2D eigenvalue weighted by molar-refractivity contribution is -0.439. The van der Waals surface area contributed by atoms with Crippen molar-refractivity contribution in [3.63, 3.8) is 0 Å². The van der Waals surface area contributed by atoms with Crippen LogP contribution in [-0.2, 0) is 9.59 Å². The van der Waals surface area contributed by atoms with Crippen LogP contribution in [0.2, 0.25) is 0 Å². The molecule has 0 rings (SSSR count). The number of aliphatic carboxylic acids is 2. The summed E-state index contributed by atoms with van der Waals surface area (Å²) in [5, 5.41) is 15.7. The second kappa shape index (κ2) is 8.71. The Bertz CT molecular complexity index is 679. The predicted molar refractivity (Wildman–Crippen MR) is 70.0 cm³/mol. The third-order valence-corrected chi connectivity index (χ3v) is 2.91. The molecular formula is C13H9F13O4. The van der Waals surface area contributed by atoms with Crippen molar-refractivity contribution in [3.8, 4) is 0 Å². The van der Waals surface area contributed by atoms with Gasteiger partial charge in [-0.05, 0) is 0 Å². The third kappa shape index (κ3) is 5.35. The fourth-order valence-electron chi connectivity index (χ4n) is 1.26. The number of alkyl halides is 13. The van der Waals surface area contributed by atoms with E-state index in [9.17, 15) is 66.7 Å². The second-order valence-corrected chi connectivity index (χ2v) is 5.13. The summed E-state index contributed by atoms with van der Waals surface area (Å²) in [5.74, 6) is -41.2. The van der Waals surface area contributed by atoms with Gasteiger partial charge in [0.05, 0.1) is 0 Å². The van der Waals surface area contributed by atoms with Crippen LogP contribution in [0.25, 0.3) is 0 Å². The van der Waals surface area contributed by atoms with E-state index >= 15 is 0 Å². The standard InChI is InChI=1S/C10H5F13O2.C3H4O2/c1-3(4(24)25)2-5(11,12)6(13,14)7(15,16)8(17,18)9(19,20)10(21,22)23;1-2-3(4)5/h1-2H2,(H,24,25);2H,1H2,(H,4,5). The molecule has 0 aliphatic carbocycles. The van der Waals surface area contributed by atoms with E-state index in [0.29, 0.717) is 0 Å². The van der Waals surface area contributed by atoms with E-state index in [1.54, 1.807) is 0 Å². The first-order valence-electron chi connectivity index (χ1n) is 6.57. The van der Waals surface area contributed by atoms with Crippen molar-refractivity contribution in [2.24, 2.45) is 0 Å². The topological polar surface area (TPSA) is 74.6 Å². The fraction of sp³-hybridized carbons (Fsp3) is 0.538. The van der Waals surface area contributed by atoms with Crippen LogP contribution in [0.15, 0.2) is 24.8 Å². The normalized spacial score (nSPS) is 13.8. The van der Waals surface area contributed by atoms with Gasteiger partial charge in [0, 0.05) is 18.1 Å². The first-order chi connectivity index (χ1) is 12.8. The maximum absolute atomic E-state index is 13.1. The molecule has 0 radical (unpaired) electrons. The van der Waals surface area contributed by atoms with E-state index in [1.807, 2.05) is 0 Å². The number of rotatable bonds is 8. The molecule has 2 N–H and O–H groups in total. The molecule has 0 aliphatic rings. The molecule has 0 fully saturated rings. The van der Waals surface area contributed by atoms with Gasteiger partial charge < -0.3 is 10.2 Å². The minimum absolute atomic E-state index is 0.833. The Kier molecular flexibility index (Phi) is 8.62. The lowest BCUT2D eigenvalue weighted by Crippen LogP contribution is -2.70. The molecule has 0 unspecified atom stereocenters. The Morgan fingerprint density at radius 1 is 0.700 bits per heavy atom. The molecule has 0 saturated heterocycles. The van der Waals surface area contributed by atoms with E-state index in [0.717, 1.165) is 6.08 Å². The van der Waals surface area contributed by atoms with Crippen molar-refractivity contribution >= 4 is 11.9 Å². The van der Waals surface area contributed by atoms with Crippen molar-refractivity contribution in [2.45, 2.75) is 42.2 Å². The van der Waals surface area contributed by atoms with Crippen LogP contribution in [0.4, 0.5) is 57.1 Å². The van der Waals surface area contributed by atoms with E-state index in [-0.39, 0.29) is 0 Å². The molecule has 30 heavy (non-hydrogen) atoms. The molecule has 0 atom stereocenters. The summed E-state index contributed by atoms with van der Waals surface area (Å²) in [4.78, 5) is 19.4. The molecule has 0 amide bonds. The Balaban J connectivity index is 0. The predicted octanol–water partition coefficient (Wildman–Crippen LogP) is 5.01. The van der Waals surface area contributed by atoms with Crippen molar-refractivity contribution in [2.75, 3.05) is 0 Å². The highest BCUT2D eigenvalue weighted by Gasteiger charge is 2.90. The number of hydrogen-bond donors (Lipinski definition) is 2. The van der Waals surface area contributed by atoms with Gasteiger partial charge in [0.25, 0.3) is 0 Å². The Labute approximate surface area is 157 Å². The second-order valence-electron chi connectivity index (χ2n) is 5.13. The maximum atomic E-state index is 13.1. The zero-order chi connectivity index (χ0) is 25.1. The van der Waals surface area contributed by atoms with Gasteiger partial charge in [-0.3, -0.25) is 0 Å². The van der Waals surface area contributed by atoms with Crippen molar-refractivity contribution in [3.05, 3.63) is 24.8 Å². The Morgan fingerprint density at radius 2 is 1.00 bits per heavy atom. The minimum atomic E-state index is -8.00. The molecule has 0 aromatic carbocycles. The Hall–Kier alpha value is -2.49. The number of carboxylic acids is 2. The molecule has 0 saturated carbocycles. The van der Waals surface area contributed by atoms with E-state index in [1.165, 1.54) is 0 Å². The van der Waals surface area contributed by atoms with Crippen LogP contribution < -0.4 is 0 Å². The summed E-state index contributed by atoms with van der Waals surface area (Å²) in [5.41, 5.74) is -1.92. The van der Waals surface area contributed by atoms with E-state index < -0.39 is 59.7 Å². The third-order valence-electron chi connectivity index (χ3n) is 2.91. The van der Waals surface area contributed by atoms with E-state index in [2.05, 4.69) is 13.2 Å². The minimum Gasteiger partial charge on any atom is -0.478 e. The van der Waals surface area contributed by atoms with E-state index in [4.69, 9.17) is 10.2 Å². The molecule has 0 spiro atoms. The zero-order valence-corrected chi connectivity index (χ0v) is 13.8. The van der Waals surface area contributed by atoms with Gasteiger partial charge in [-0.25, -0.2) is 9.59 Å². The first kappa shape index (κ1) is 29.7. The molecule has 0 aromatic heterocycles. The van der Waals surface area contributed by atoms with Crippen LogP contribution in [0, 0.1) is 0 Å². The van der Waals surface area contributed by atoms with Gasteiger partial charge in [-0.15, -0.1) is 0 Å². The molecule has 176 valence electrons. The van der Waals surface area contributed by atoms with Gasteiger partial charge in [-0.1, -0.05) is 13.2 Å². The Morgan fingerprint density at radius 3 is 1.23 bits per heavy atom. The zero-order valence-electron chi connectivity index (χ0n) is 13.8. The SMILES string of the molecule is C=C(CC(F)(F)C(F)(F)C(F)(F)C(F)(F)C(F)(F)C(F)(F)F)C(=O)O.C=CC(=O)O. The molecule has 0 heterocycles. The van der Waals surface area contributed by atoms with Crippen LogP contribution in [0.1, 0.15) is 6.42 Å². The highest BCUT2D eigenvalue weighted by atomic mass is 19.4. The van der Waals surface area contributed by atoms with Crippen molar-refractivity contribution < 1.29 is 76.9 Å². The van der Waals surface area contributed by atoms with Crippen LogP contribution in [-0.4, -0.2) is 57.9 Å². The largest absolute Gasteiger partial charge is 0.478 e. The number of carboxylic acid groups (broad SMARTS) is 2. The summed E-state index contributed by atoms with van der Waals surface area (Å²) in [6.07, 6.45) is -9.59. The van der Waals surface area contributed by atoms with Crippen LogP contribution >= 0.6 is 0 Å². The maximum Gasteiger partial charge on any atom is 0.460 e. The molecule has 17 heteroatoms. The summed E-state index contributed by atoms with van der Waals surface area (Å²) >= 11 is 0. The lowest BCUT2D eigenvalue weighted by atomic mass is 9.91. The lowest BCUT2D eigenvalue weighted by Gasteiger charge is -2.39. The van der Waals surface area contributed by atoms with Gasteiger partial charge in [0.15, 0.2) is 0 Å². The van der Waals surface area contributed by atoms with Crippen molar-refractivity contribution in [1.82, 2.24) is 0 Å². The fourth-order valence-corrected chi connectivity index (χ4v) is 1.26. The summed E-state index contributed by atoms with van der Waals surface area (Å²) in [7, 11) is 0. The average Bonchev–Trinajstić information content (AvgIpc) is 2.52. The number of hydrogen-bond acceptors (Lipinski definition) is 2. The van der Waals surface area contributed by atoms with Gasteiger partial charge in [-0.2, -0.15) is 57.1 Å². The number of carbonyl (C=O) groups is 2. The van der Waals surface area contributed by atoms with Crippen LogP contribution in [0.3, 0.4) is 0 Å². The molecule has 0 aromatic rings. The molecule has 0 aliphatic heterocycles. The van der Waals surface area contributed by atoms with Gasteiger partial charge in [0.1, 0.15) is 0 Å². The van der Waals surface area contributed by atoms with Crippen molar-refractivity contribution in [1.29, 1.82) is 0 Å². The van der Waals surface area contributed by atoms with Crippen LogP contribution in [0.5, 0.6) is 0 Å². The quantitative estimate of drug-likeness (QED) is 0.382. The summed E-state index contributed by atoms with van der Waals surface area (Å²) < 4.78 is 164. The summed E-state index contributed by atoms with van der Waals surface area (Å²) in [6.45, 7) is 5.17. The molecule has 4 nitrogen and oxygen atoms in total. The van der Waals surface area contributed by atoms with Gasteiger partial charge in [0.2, 0.25) is 0 Å². The first-order valence-corrected chi connectivity index (χ1v) is 6.57. The molecular weight excluding hydrogens is 467 g/mol. The molecule has 0 bridgehead atoms. The average molecular weight is 476 g/mol. The highest BCUT2D eigenvalue weighted by molar-refractivity contribution is 5.85. The monoisotopic (exact) mass is 476 g/mol. The highest BCUT2D eigenvalue weighted by Crippen LogP contribution is 2.60. The smallest absolute Gasteiger partial charge is 0.460 e. The number of halogens is 13. The van der Waals surface area contributed by atoms with Gasteiger partial charge >= 0.3 is 47.7 Å². The summed E-state index contributed by atoms with van der Waals surface area (Å²) in [6, 6.07) is 0.